The van der Waals surface area contributed by atoms with Gasteiger partial charge >= 0.3 is 5.97 Å². The predicted octanol–water partition coefficient (Wildman–Crippen LogP) is 5.22. The van der Waals surface area contributed by atoms with Crippen molar-refractivity contribution in [3.05, 3.63) is 77.7 Å². The molecule has 0 saturated carbocycles. The molecule has 3 aromatic heterocycles. The Bertz CT molecular complexity index is 2200. The number of morpholine rings is 1. The third-order valence-electron chi connectivity index (χ3n) is 9.75. The Balaban J connectivity index is 1.16. The van der Waals surface area contributed by atoms with Gasteiger partial charge in [-0.2, -0.15) is 0 Å². The van der Waals surface area contributed by atoms with Crippen molar-refractivity contribution in [2.45, 2.75) is 43.6 Å². The van der Waals surface area contributed by atoms with Crippen molar-refractivity contribution >= 4 is 39.5 Å². The van der Waals surface area contributed by atoms with Crippen molar-refractivity contribution in [1.82, 2.24) is 15.0 Å². The van der Waals surface area contributed by atoms with Crippen LogP contribution in [0.3, 0.4) is 0 Å². The van der Waals surface area contributed by atoms with Crippen molar-refractivity contribution < 1.29 is 42.0 Å². The number of carboxylic acid groups (broad SMARTS) is 1. The number of carboxylic acids is 1. The maximum atomic E-state index is 14.1. The molecule has 262 valence electrons. The number of halogens is 2. The molecule has 8 rings (SSSR count). The molecule has 0 radical (unpaired) electrons. The largest absolute Gasteiger partial charge is 0.495 e. The number of furan rings is 1. The average Bonchev–Trinajstić information content (AvgIpc) is 3.72. The topological polar surface area (TPSA) is 133 Å². The quantitative estimate of drug-likeness (QED) is 0.224. The lowest BCUT2D eigenvalue weighted by molar-refractivity contribution is -0.228. The number of para-hydroxylation sites is 2. The molecule has 14 heteroatoms. The molecule has 0 unspecified atom stereocenters. The Morgan fingerprint density at radius 1 is 1.10 bits per heavy atom. The first-order chi connectivity index (χ1) is 24.7. The first kappa shape index (κ1) is 32.7. The van der Waals surface area contributed by atoms with E-state index in [1.165, 1.54) is 4.90 Å². The number of rotatable bonds is 7. The molecule has 0 bridgehead atoms. The normalized spacial score (nSPS) is 21.2. The van der Waals surface area contributed by atoms with Crippen LogP contribution in [-0.2, 0) is 14.3 Å². The van der Waals surface area contributed by atoms with Crippen LogP contribution in [0.1, 0.15) is 36.7 Å². The van der Waals surface area contributed by atoms with Crippen molar-refractivity contribution in [2.75, 3.05) is 49.8 Å². The van der Waals surface area contributed by atoms with Gasteiger partial charge in [-0.25, -0.2) is 28.5 Å². The molecule has 3 aliphatic heterocycles. The van der Waals surface area contributed by atoms with E-state index in [2.05, 4.69) is 33.6 Å². The fraction of sp³-hybridized carbons (Fsp3) is 0.351. The third kappa shape index (κ3) is 5.82. The third-order valence-corrected chi connectivity index (χ3v) is 9.75. The Labute approximate surface area is 290 Å². The van der Waals surface area contributed by atoms with Gasteiger partial charge in [0.05, 0.1) is 45.1 Å². The number of fused-ring (bicyclic) bond motifs is 3. The van der Waals surface area contributed by atoms with Crippen LogP contribution in [0.5, 0.6) is 11.6 Å². The number of aromatic nitrogens is 3. The zero-order valence-corrected chi connectivity index (χ0v) is 27.7. The monoisotopic (exact) mass is 697 g/mol. The summed E-state index contributed by atoms with van der Waals surface area (Å²) in [6.07, 6.45) is -2.06. The van der Waals surface area contributed by atoms with E-state index in [1.54, 1.807) is 37.6 Å². The highest BCUT2D eigenvalue weighted by atomic mass is 19.3. The summed E-state index contributed by atoms with van der Waals surface area (Å²) in [5, 5.41) is 10.9. The number of ether oxygens (including phenoxy) is 4. The van der Waals surface area contributed by atoms with E-state index in [0.29, 0.717) is 54.3 Å². The Morgan fingerprint density at radius 3 is 2.67 bits per heavy atom. The SMILES string of the molecule is COc1ccccc1C#Cc1cnc(O[C@H]2C[C@@H](C(=O)O)N(c3nc(C(F)F)nc4c3oc3ccccc34)C2)c(N2CCOC3(COC3)[C@@H]2C)c1. The van der Waals surface area contributed by atoms with Crippen LogP contribution in [0, 0.1) is 11.8 Å². The van der Waals surface area contributed by atoms with Crippen molar-refractivity contribution in [2.24, 2.45) is 0 Å². The van der Waals surface area contributed by atoms with Crippen LogP contribution >= 0.6 is 0 Å². The summed E-state index contributed by atoms with van der Waals surface area (Å²) in [5.41, 5.74) is 2.26. The Kier molecular flexibility index (Phi) is 8.32. The van der Waals surface area contributed by atoms with Crippen molar-refractivity contribution in [1.29, 1.82) is 0 Å². The van der Waals surface area contributed by atoms with E-state index in [1.807, 2.05) is 30.3 Å². The number of nitrogens with zero attached hydrogens (tertiary/aromatic N) is 5. The van der Waals surface area contributed by atoms with Crippen LogP contribution in [-0.4, -0.2) is 89.8 Å². The lowest BCUT2D eigenvalue weighted by Gasteiger charge is -2.53. The minimum atomic E-state index is -2.99. The highest BCUT2D eigenvalue weighted by Gasteiger charge is 2.50. The highest BCUT2D eigenvalue weighted by Crippen LogP contribution is 2.41. The van der Waals surface area contributed by atoms with E-state index in [0.717, 1.165) is 5.56 Å². The van der Waals surface area contributed by atoms with Crippen LogP contribution < -0.4 is 19.3 Å². The minimum Gasteiger partial charge on any atom is -0.495 e. The van der Waals surface area contributed by atoms with E-state index in [-0.39, 0.29) is 41.8 Å². The summed E-state index contributed by atoms with van der Waals surface area (Å²) >= 11 is 0. The standard InChI is InChI=1S/C37H33F2N5O7/c1-21-37(19-48-20-37)49-14-13-43(21)26-15-22(11-12-23-7-3-5-9-28(23)47-2)17-40-35(26)50-24-16-27(36(45)46)44(18-24)34-31-30(41-33(42-34)32(38)39)25-8-4-6-10-29(25)51-31/h3-10,15,17,21,24,27,32H,13-14,16,18-20H2,1-2H3,(H,45,46)/t21-,24-,27-/m0/s1. The summed E-state index contributed by atoms with van der Waals surface area (Å²) in [6.45, 7) is 3.97. The maximum Gasteiger partial charge on any atom is 0.326 e. The van der Waals surface area contributed by atoms with Gasteiger partial charge < -0.3 is 38.3 Å². The van der Waals surface area contributed by atoms with E-state index in [9.17, 15) is 18.7 Å². The number of carbonyl (C=O) groups is 1. The number of aliphatic carboxylic acids is 1. The Hall–Kier alpha value is -5.52. The van der Waals surface area contributed by atoms with Gasteiger partial charge in [-0.15, -0.1) is 0 Å². The number of hydrogen-bond acceptors (Lipinski definition) is 11. The molecular formula is C37H33F2N5O7. The summed E-state index contributed by atoms with van der Waals surface area (Å²) in [7, 11) is 1.59. The average molecular weight is 698 g/mol. The molecule has 0 aliphatic carbocycles. The molecule has 3 atom stereocenters. The molecule has 1 spiro atoms. The zero-order chi connectivity index (χ0) is 35.3. The molecule has 5 aromatic rings. The van der Waals surface area contributed by atoms with Gasteiger partial charge in [-0.1, -0.05) is 36.1 Å². The minimum absolute atomic E-state index is 0.00965. The van der Waals surface area contributed by atoms with Gasteiger partial charge in [0.1, 0.15) is 40.3 Å². The molecule has 6 heterocycles. The summed E-state index contributed by atoms with van der Waals surface area (Å²) in [5.74, 6) is 5.37. The molecule has 1 N–H and O–H groups in total. The first-order valence-electron chi connectivity index (χ1n) is 16.5. The maximum absolute atomic E-state index is 14.1. The van der Waals surface area contributed by atoms with Crippen molar-refractivity contribution in [3.63, 3.8) is 0 Å². The van der Waals surface area contributed by atoms with Crippen LogP contribution in [0.2, 0.25) is 0 Å². The van der Waals surface area contributed by atoms with Crippen LogP contribution in [0.15, 0.2) is 65.2 Å². The lowest BCUT2D eigenvalue weighted by atomic mass is 9.90. The second-order valence-electron chi connectivity index (χ2n) is 12.7. The number of methoxy groups -OCH3 is 1. The van der Waals surface area contributed by atoms with E-state index >= 15 is 0 Å². The van der Waals surface area contributed by atoms with Gasteiger partial charge in [0.15, 0.2) is 17.2 Å². The second kappa shape index (κ2) is 13.0. The molecule has 0 amide bonds. The van der Waals surface area contributed by atoms with Gasteiger partial charge in [-0.3, -0.25) is 0 Å². The van der Waals surface area contributed by atoms with Gasteiger partial charge in [-0.05, 0) is 37.3 Å². The van der Waals surface area contributed by atoms with E-state index < -0.39 is 36.0 Å². The Morgan fingerprint density at radius 2 is 1.90 bits per heavy atom. The van der Waals surface area contributed by atoms with Gasteiger partial charge in [0.25, 0.3) is 6.43 Å². The number of alkyl halides is 2. The number of anilines is 2. The van der Waals surface area contributed by atoms with Crippen LogP contribution in [0.4, 0.5) is 20.3 Å². The second-order valence-corrected chi connectivity index (χ2v) is 12.7. The summed E-state index contributed by atoms with van der Waals surface area (Å²) in [4.78, 5) is 29.2. The number of benzene rings is 2. The number of hydrogen-bond donors (Lipinski definition) is 1. The number of pyridine rings is 1. The van der Waals surface area contributed by atoms with Crippen molar-refractivity contribution in [3.8, 4) is 23.5 Å². The predicted molar refractivity (Wildman–Crippen MR) is 182 cm³/mol. The summed E-state index contributed by atoms with van der Waals surface area (Å²) < 4.78 is 57.9. The lowest BCUT2D eigenvalue weighted by Crippen LogP contribution is -2.68. The molecule has 12 nitrogen and oxygen atoms in total. The molecule has 3 saturated heterocycles. The first-order valence-corrected chi connectivity index (χ1v) is 16.5. The van der Waals surface area contributed by atoms with Gasteiger partial charge in [0.2, 0.25) is 5.88 Å². The highest BCUT2D eigenvalue weighted by molar-refractivity contribution is 6.06. The summed E-state index contributed by atoms with van der Waals surface area (Å²) in [6, 6.07) is 15.0. The molecule has 3 aliphatic rings. The van der Waals surface area contributed by atoms with Gasteiger partial charge in [0, 0.05) is 30.1 Å². The molecule has 2 aromatic carbocycles. The zero-order valence-electron chi connectivity index (χ0n) is 27.7. The van der Waals surface area contributed by atoms with Crippen LogP contribution in [0.25, 0.3) is 22.1 Å². The molecule has 3 fully saturated rings. The molecule has 51 heavy (non-hydrogen) atoms. The fourth-order valence-corrected chi connectivity index (χ4v) is 6.99. The van der Waals surface area contributed by atoms with E-state index in [4.69, 9.17) is 28.3 Å². The smallest absolute Gasteiger partial charge is 0.326 e. The fourth-order valence-electron chi connectivity index (χ4n) is 6.99. The molecular weight excluding hydrogens is 664 g/mol.